The molecule has 0 radical (unpaired) electrons. The van der Waals surface area contributed by atoms with Crippen molar-refractivity contribution in [3.8, 4) is 11.4 Å². The minimum atomic E-state index is -0.561. The largest absolute Gasteiger partial charge is 0.392 e. The van der Waals surface area contributed by atoms with Crippen LogP contribution in [0.25, 0.3) is 11.4 Å². The molecular weight excluding hydrogens is 316 g/mol. The Balaban J connectivity index is 1.68. The molecule has 130 valence electrons. The van der Waals surface area contributed by atoms with Gasteiger partial charge in [0.05, 0.1) is 19.1 Å². The molecule has 5 nitrogen and oxygen atoms in total. The normalized spacial score (nSPS) is 12.2. The van der Waals surface area contributed by atoms with Gasteiger partial charge in [-0.2, -0.15) is 4.98 Å². The standard InChI is InChI=1S/C20H22N2O3/c1-2-24-14-16-10-6-7-11-18(16)20-21-19(25-22-20)13-17(23)12-15-8-4-3-5-9-15/h3-11,17,23H,2,12-14H2,1H3. The minimum Gasteiger partial charge on any atom is -0.392 e. The highest BCUT2D eigenvalue weighted by Gasteiger charge is 2.15. The highest BCUT2D eigenvalue weighted by Crippen LogP contribution is 2.22. The van der Waals surface area contributed by atoms with Gasteiger partial charge in [-0.25, -0.2) is 0 Å². The lowest BCUT2D eigenvalue weighted by molar-refractivity contribution is 0.134. The Labute approximate surface area is 147 Å². The molecule has 25 heavy (non-hydrogen) atoms. The number of nitrogens with zero attached hydrogens (tertiary/aromatic N) is 2. The highest BCUT2D eigenvalue weighted by molar-refractivity contribution is 5.59. The average molecular weight is 338 g/mol. The van der Waals surface area contributed by atoms with Crippen LogP contribution in [0, 0.1) is 0 Å². The van der Waals surface area contributed by atoms with Crippen molar-refractivity contribution < 1.29 is 14.4 Å². The van der Waals surface area contributed by atoms with Crippen molar-refractivity contribution in [1.29, 1.82) is 0 Å². The van der Waals surface area contributed by atoms with E-state index in [-0.39, 0.29) is 0 Å². The van der Waals surface area contributed by atoms with Crippen LogP contribution in [0.5, 0.6) is 0 Å². The van der Waals surface area contributed by atoms with Gasteiger partial charge in [0.1, 0.15) is 0 Å². The second kappa shape index (κ2) is 8.55. The van der Waals surface area contributed by atoms with Crippen LogP contribution in [0.4, 0.5) is 0 Å². The minimum absolute atomic E-state index is 0.329. The first kappa shape index (κ1) is 17.3. The van der Waals surface area contributed by atoms with Gasteiger partial charge in [-0.1, -0.05) is 59.8 Å². The molecule has 0 bridgehead atoms. The van der Waals surface area contributed by atoms with E-state index in [1.165, 1.54) is 0 Å². The zero-order valence-electron chi connectivity index (χ0n) is 14.3. The number of hydrogen-bond donors (Lipinski definition) is 1. The van der Waals surface area contributed by atoms with Gasteiger partial charge in [0, 0.05) is 12.2 Å². The fourth-order valence-corrected chi connectivity index (χ4v) is 2.68. The number of rotatable bonds is 8. The lowest BCUT2D eigenvalue weighted by atomic mass is 10.1. The molecular formula is C20H22N2O3. The van der Waals surface area contributed by atoms with E-state index < -0.39 is 6.10 Å². The third kappa shape index (κ3) is 4.75. The van der Waals surface area contributed by atoms with Crippen molar-refractivity contribution in [3.05, 3.63) is 71.6 Å². The van der Waals surface area contributed by atoms with Crippen LogP contribution in [-0.4, -0.2) is 28.0 Å². The van der Waals surface area contributed by atoms with Crippen molar-refractivity contribution in [2.75, 3.05) is 6.61 Å². The molecule has 1 heterocycles. The molecule has 0 spiro atoms. The van der Waals surface area contributed by atoms with E-state index in [2.05, 4.69) is 10.1 Å². The Morgan fingerprint density at radius 1 is 1.04 bits per heavy atom. The summed E-state index contributed by atoms with van der Waals surface area (Å²) in [6.07, 6.45) is 0.323. The Hall–Kier alpha value is -2.50. The number of hydrogen-bond acceptors (Lipinski definition) is 5. The topological polar surface area (TPSA) is 68.4 Å². The molecule has 0 aliphatic rings. The molecule has 1 N–H and O–H groups in total. The predicted molar refractivity (Wildman–Crippen MR) is 94.9 cm³/mol. The zero-order chi connectivity index (χ0) is 17.5. The number of ether oxygens (including phenoxy) is 1. The maximum atomic E-state index is 10.3. The summed E-state index contributed by atoms with van der Waals surface area (Å²) >= 11 is 0. The van der Waals surface area contributed by atoms with Crippen LogP contribution in [0.1, 0.15) is 23.9 Å². The predicted octanol–water partition coefficient (Wildman–Crippen LogP) is 3.42. The summed E-state index contributed by atoms with van der Waals surface area (Å²) in [7, 11) is 0. The van der Waals surface area contributed by atoms with Gasteiger partial charge >= 0.3 is 0 Å². The van der Waals surface area contributed by atoms with E-state index in [9.17, 15) is 5.11 Å². The summed E-state index contributed by atoms with van der Waals surface area (Å²) in [6, 6.07) is 17.7. The Bertz CT molecular complexity index is 786. The molecule has 0 aliphatic heterocycles. The molecule has 0 aliphatic carbocycles. The molecule has 0 fully saturated rings. The molecule has 3 aromatic rings. The van der Waals surface area contributed by atoms with Gasteiger partial charge in [-0.3, -0.25) is 0 Å². The third-order valence-electron chi connectivity index (χ3n) is 3.91. The highest BCUT2D eigenvalue weighted by atomic mass is 16.5. The fraction of sp³-hybridized carbons (Fsp3) is 0.300. The summed E-state index contributed by atoms with van der Waals surface area (Å²) in [5, 5.41) is 14.3. The van der Waals surface area contributed by atoms with Gasteiger partial charge in [0.15, 0.2) is 0 Å². The van der Waals surface area contributed by atoms with Crippen molar-refractivity contribution in [2.45, 2.75) is 32.5 Å². The van der Waals surface area contributed by atoms with E-state index >= 15 is 0 Å². The van der Waals surface area contributed by atoms with Gasteiger partial charge < -0.3 is 14.4 Å². The van der Waals surface area contributed by atoms with Gasteiger partial charge in [-0.15, -0.1) is 0 Å². The summed E-state index contributed by atoms with van der Waals surface area (Å²) in [5.41, 5.74) is 2.99. The van der Waals surface area contributed by atoms with Crippen molar-refractivity contribution in [1.82, 2.24) is 10.1 Å². The fourth-order valence-electron chi connectivity index (χ4n) is 2.68. The van der Waals surface area contributed by atoms with Gasteiger partial charge in [-0.05, 0) is 24.5 Å². The van der Waals surface area contributed by atoms with Crippen LogP contribution in [0.3, 0.4) is 0 Å². The van der Waals surface area contributed by atoms with Crippen LogP contribution < -0.4 is 0 Å². The zero-order valence-corrected chi connectivity index (χ0v) is 14.3. The van der Waals surface area contributed by atoms with E-state index in [1.807, 2.05) is 61.5 Å². The van der Waals surface area contributed by atoms with Gasteiger partial charge in [0.25, 0.3) is 0 Å². The summed E-state index contributed by atoms with van der Waals surface area (Å²) in [6.45, 7) is 3.12. The second-order valence-corrected chi connectivity index (χ2v) is 5.85. The second-order valence-electron chi connectivity index (χ2n) is 5.85. The summed E-state index contributed by atoms with van der Waals surface area (Å²) < 4.78 is 10.8. The van der Waals surface area contributed by atoms with Crippen molar-refractivity contribution in [2.24, 2.45) is 0 Å². The molecule has 5 heteroatoms. The van der Waals surface area contributed by atoms with Crippen molar-refractivity contribution in [3.63, 3.8) is 0 Å². The molecule has 1 aromatic heterocycles. The average Bonchev–Trinajstić information content (AvgIpc) is 3.09. The maximum absolute atomic E-state index is 10.3. The molecule has 0 saturated heterocycles. The maximum Gasteiger partial charge on any atom is 0.229 e. The third-order valence-corrected chi connectivity index (χ3v) is 3.91. The first-order valence-electron chi connectivity index (χ1n) is 8.47. The van der Waals surface area contributed by atoms with Crippen LogP contribution in [0.2, 0.25) is 0 Å². The van der Waals surface area contributed by atoms with Crippen LogP contribution >= 0.6 is 0 Å². The quantitative estimate of drug-likeness (QED) is 0.681. The summed E-state index contributed by atoms with van der Waals surface area (Å²) in [4.78, 5) is 4.44. The first-order valence-corrected chi connectivity index (χ1v) is 8.47. The first-order chi connectivity index (χ1) is 12.3. The lowest BCUT2D eigenvalue weighted by Crippen LogP contribution is -2.14. The number of benzene rings is 2. The van der Waals surface area contributed by atoms with E-state index in [1.54, 1.807) is 0 Å². The van der Waals surface area contributed by atoms with Crippen LogP contribution in [-0.2, 0) is 24.2 Å². The molecule has 2 aromatic carbocycles. The van der Waals surface area contributed by atoms with E-state index in [0.717, 1.165) is 16.7 Å². The monoisotopic (exact) mass is 338 g/mol. The number of aliphatic hydroxyl groups is 1. The molecule has 1 atom stereocenters. The molecule has 3 rings (SSSR count). The Morgan fingerprint density at radius 3 is 2.60 bits per heavy atom. The van der Waals surface area contributed by atoms with E-state index in [4.69, 9.17) is 9.26 Å². The van der Waals surface area contributed by atoms with Gasteiger partial charge in [0.2, 0.25) is 11.7 Å². The molecule has 0 saturated carbocycles. The SMILES string of the molecule is CCOCc1ccccc1-c1noc(CC(O)Cc2ccccc2)n1. The molecule has 1 unspecified atom stereocenters. The molecule has 0 amide bonds. The Kier molecular flexibility index (Phi) is 5.93. The lowest BCUT2D eigenvalue weighted by Gasteiger charge is -2.07. The smallest absolute Gasteiger partial charge is 0.229 e. The Morgan fingerprint density at radius 2 is 1.80 bits per heavy atom. The summed E-state index contributed by atoms with van der Waals surface area (Å²) in [5.74, 6) is 0.960. The number of aliphatic hydroxyl groups excluding tert-OH is 1. The van der Waals surface area contributed by atoms with E-state index in [0.29, 0.717) is 37.8 Å². The van der Waals surface area contributed by atoms with Crippen molar-refractivity contribution >= 4 is 0 Å². The van der Waals surface area contributed by atoms with Crippen LogP contribution in [0.15, 0.2) is 59.1 Å². The number of aromatic nitrogens is 2.